The number of hydrogen-bond acceptors (Lipinski definition) is 4. The molecule has 2 fully saturated rings. The molecule has 164 valence electrons. The molecule has 1 aromatic heterocycles. The monoisotopic (exact) mass is 440 g/mol. The highest BCUT2D eigenvalue weighted by Gasteiger charge is 2.31. The lowest BCUT2D eigenvalue weighted by Gasteiger charge is -2.24. The van der Waals surface area contributed by atoms with E-state index < -0.39 is 0 Å². The Labute approximate surface area is 188 Å². The fourth-order valence-corrected chi connectivity index (χ4v) is 4.73. The topological polar surface area (TPSA) is 75.2 Å². The van der Waals surface area contributed by atoms with Gasteiger partial charge >= 0.3 is 0 Å². The fraction of sp³-hybridized carbons (Fsp3) is 0.500. The third kappa shape index (κ3) is 5.42. The zero-order chi connectivity index (χ0) is 21.8. The van der Waals surface area contributed by atoms with Crippen molar-refractivity contribution < 1.29 is 9.59 Å². The summed E-state index contributed by atoms with van der Waals surface area (Å²) in [4.78, 5) is 36.4. The summed E-state index contributed by atoms with van der Waals surface area (Å²) in [6, 6.07) is 6.96. The molecule has 31 heavy (non-hydrogen) atoms. The van der Waals surface area contributed by atoms with Crippen molar-refractivity contribution in [1.29, 1.82) is 0 Å². The van der Waals surface area contributed by atoms with E-state index in [4.69, 9.17) is 11.6 Å². The summed E-state index contributed by atoms with van der Waals surface area (Å²) in [5.74, 6) is 1.42. The molecule has 2 heterocycles. The molecule has 1 saturated heterocycles. The Morgan fingerprint density at radius 2 is 1.87 bits per heavy atom. The van der Waals surface area contributed by atoms with Crippen LogP contribution in [-0.4, -0.2) is 39.8 Å². The van der Waals surface area contributed by atoms with E-state index in [0.29, 0.717) is 46.7 Å². The average molecular weight is 441 g/mol. The number of aromatic nitrogens is 2. The van der Waals surface area contributed by atoms with Gasteiger partial charge in [-0.3, -0.25) is 9.59 Å². The molecular weight excluding hydrogens is 412 g/mol. The number of nitrogens with one attached hydrogen (secondary N) is 1. The predicted octanol–water partition coefficient (Wildman–Crippen LogP) is 4.98. The van der Waals surface area contributed by atoms with Crippen LogP contribution in [0.5, 0.6) is 0 Å². The van der Waals surface area contributed by atoms with Crippen molar-refractivity contribution >= 4 is 29.1 Å². The van der Waals surface area contributed by atoms with Crippen molar-refractivity contribution in [3.05, 3.63) is 52.6 Å². The fourth-order valence-electron chi connectivity index (χ4n) is 4.60. The lowest BCUT2D eigenvalue weighted by atomic mass is 9.87. The molecule has 6 nitrogen and oxygen atoms in total. The molecule has 1 saturated carbocycles. The molecule has 1 aromatic carbocycles. The minimum atomic E-state index is -0.248. The van der Waals surface area contributed by atoms with E-state index in [9.17, 15) is 9.59 Å². The zero-order valence-electron chi connectivity index (χ0n) is 17.9. The Balaban J connectivity index is 1.36. The standard InChI is InChI=1S/C24H29ClN4O2/c1-16-21(24(31)28-20-9-7-19(25)8-10-20)14-26-23(27-16)18-11-12-29(15-18)22(30)13-17-5-3-2-4-6-17/h7-10,14,17-18H,2-6,11-13,15H2,1H3,(H,28,31)/t18-/m1/s1. The predicted molar refractivity (Wildman–Crippen MR) is 121 cm³/mol. The molecular formula is C24H29ClN4O2. The third-order valence-electron chi connectivity index (χ3n) is 6.44. The Morgan fingerprint density at radius 1 is 1.13 bits per heavy atom. The third-order valence-corrected chi connectivity index (χ3v) is 6.69. The molecule has 1 N–H and O–H groups in total. The number of likely N-dealkylation sites (tertiary alicyclic amines) is 1. The normalized spacial score (nSPS) is 19.4. The molecule has 0 spiro atoms. The van der Waals surface area contributed by atoms with Crippen molar-refractivity contribution in [2.45, 2.75) is 57.8 Å². The van der Waals surface area contributed by atoms with E-state index in [-0.39, 0.29) is 17.7 Å². The van der Waals surface area contributed by atoms with Crippen LogP contribution in [0.15, 0.2) is 30.5 Å². The first-order valence-corrected chi connectivity index (χ1v) is 11.6. The van der Waals surface area contributed by atoms with Crippen molar-refractivity contribution in [2.75, 3.05) is 18.4 Å². The quantitative estimate of drug-likeness (QED) is 0.711. The number of benzene rings is 1. The number of carbonyl (C=O) groups excluding carboxylic acids is 2. The van der Waals surface area contributed by atoms with Gasteiger partial charge in [0.2, 0.25) is 5.91 Å². The summed E-state index contributed by atoms with van der Waals surface area (Å²) < 4.78 is 0. The van der Waals surface area contributed by atoms with Crippen LogP contribution in [0.3, 0.4) is 0 Å². The van der Waals surface area contributed by atoms with Gasteiger partial charge in [-0.15, -0.1) is 0 Å². The largest absolute Gasteiger partial charge is 0.342 e. The molecule has 1 aliphatic heterocycles. The summed E-state index contributed by atoms with van der Waals surface area (Å²) in [6.45, 7) is 3.25. The van der Waals surface area contributed by atoms with Crippen LogP contribution in [-0.2, 0) is 4.79 Å². The Bertz CT molecular complexity index is 941. The van der Waals surface area contributed by atoms with E-state index in [1.165, 1.54) is 32.1 Å². The first-order chi connectivity index (χ1) is 15.0. The molecule has 2 aliphatic rings. The van der Waals surface area contributed by atoms with E-state index in [0.717, 1.165) is 13.0 Å². The van der Waals surface area contributed by atoms with Gasteiger partial charge in [-0.2, -0.15) is 0 Å². The molecule has 1 atom stereocenters. The number of carbonyl (C=O) groups is 2. The Hall–Kier alpha value is -2.47. The van der Waals surface area contributed by atoms with Gasteiger partial charge in [0.25, 0.3) is 5.91 Å². The minimum absolute atomic E-state index is 0.127. The highest BCUT2D eigenvalue weighted by Crippen LogP contribution is 2.30. The number of aryl methyl sites for hydroxylation is 1. The van der Waals surface area contributed by atoms with Crippen LogP contribution in [0.2, 0.25) is 5.02 Å². The summed E-state index contributed by atoms with van der Waals surface area (Å²) >= 11 is 5.89. The average Bonchev–Trinajstić information content (AvgIpc) is 3.26. The van der Waals surface area contributed by atoms with Crippen LogP contribution in [0.1, 0.15) is 72.7 Å². The molecule has 2 amide bonds. The van der Waals surface area contributed by atoms with Gasteiger partial charge in [0, 0.05) is 42.3 Å². The summed E-state index contributed by atoms with van der Waals surface area (Å²) in [6.07, 6.45) is 9.33. The van der Waals surface area contributed by atoms with Crippen LogP contribution in [0, 0.1) is 12.8 Å². The van der Waals surface area contributed by atoms with Crippen molar-refractivity contribution in [3.63, 3.8) is 0 Å². The lowest BCUT2D eigenvalue weighted by molar-refractivity contribution is -0.131. The van der Waals surface area contributed by atoms with E-state index in [1.807, 2.05) is 11.8 Å². The maximum absolute atomic E-state index is 12.7. The highest BCUT2D eigenvalue weighted by molar-refractivity contribution is 6.30. The van der Waals surface area contributed by atoms with Gasteiger partial charge in [-0.05, 0) is 56.4 Å². The van der Waals surface area contributed by atoms with Crippen LogP contribution in [0.4, 0.5) is 5.69 Å². The molecule has 1 aliphatic carbocycles. The summed E-state index contributed by atoms with van der Waals surface area (Å²) in [7, 11) is 0. The van der Waals surface area contributed by atoms with E-state index in [1.54, 1.807) is 30.5 Å². The summed E-state index contributed by atoms with van der Waals surface area (Å²) in [5.41, 5.74) is 1.76. The van der Waals surface area contributed by atoms with Gasteiger partial charge in [0.05, 0.1) is 11.3 Å². The Kier molecular flexibility index (Phi) is 6.86. The van der Waals surface area contributed by atoms with Crippen molar-refractivity contribution in [1.82, 2.24) is 14.9 Å². The second kappa shape index (κ2) is 9.77. The number of amides is 2. The summed E-state index contributed by atoms with van der Waals surface area (Å²) in [5, 5.41) is 3.46. The van der Waals surface area contributed by atoms with E-state index >= 15 is 0 Å². The maximum atomic E-state index is 12.7. The second-order valence-corrected chi connectivity index (χ2v) is 9.16. The number of rotatable bonds is 5. The molecule has 2 aromatic rings. The van der Waals surface area contributed by atoms with Crippen LogP contribution < -0.4 is 5.32 Å². The first kappa shape index (κ1) is 21.8. The van der Waals surface area contributed by atoms with Gasteiger partial charge < -0.3 is 10.2 Å². The SMILES string of the molecule is Cc1nc([C@@H]2CCN(C(=O)CC3CCCCC3)C2)ncc1C(=O)Nc1ccc(Cl)cc1. The lowest BCUT2D eigenvalue weighted by Crippen LogP contribution is -2.30. The van der Waals surface area contributed by atoms with E-state index in [2.05, 4.69) is 15.3 Å². The number of anilines is 1. The molecule has 0 radical (unpaired) electrons. The Morgan fingerprint density at radius 3 is 2.58 bits per heavy atom. The smallest absolute Gasteiger partial charge is 0.259 e. The zero-order valence-corrected chi connectivity index (χ0v) is 18.7. The van der Waals surface area contributed by atoms with Crippen molar-refractivity contribution in [3.8, 4) is 0 Å². The molecule has 7 heteroatoms. The molecule has 0 unspecified atom stereocenters. The van der Waals surface area contributed by atoms with Crippen molar-refractivity contribution in [2.24, 2.45) is 5.92 Å². The van der Waals surface area contributed by atoms with Crippen LogP contribution in [0.25, 0.3) is 0 Å². The van der Waals surface area contributed by atoms with Gasteiger partial charge in [-0.1, -0.05) is 30.9 Å². The highest BCUT2D eigenvalue weighted by atomic mass is 35.5. The molecule has 4 rings (SSSR count). The first-order valence-electron chi connectivity index (χ1n) is 11.2. The maximum Gasteiger partial charge on any atom is 0.259 e. The molecule has 0 bridgehead atoms. The van der Waals surface area contributed by atoms with Gasteiger partial charge in [0.1, 0.15) is 5.82 Å². The van der Waals surface area contributed by atoms with Gasteiger partial charge in [-0.25, -0.2) is 9.97 Å². The second-order valence-electron chi connectivity index (χ2n) is 8.72. The number of nitrogens with zero attached hydrogens (tertiary/aromatic N) is 3. The minimum Gasteiger partial charge on any atom is -0.342 e. The van der Waals surface area contributed by atoms with Crippen LogP contribution >= 0.6 is 11.6 Å². The van der Waals surface area contributed by atoms with Gasteiger partial charge in [0.15, 0.2) is 0 Å². The number of halogens is 1. The number of hydrogen-bond donors (Lipinski definition) is 1.